The number of benzene rings is 1. The lowest BCUT2D eigenvalue weighted by Gasteiger charge is -2.16. The van der Waals surface area contributed by atoms with Crippen molar-refractivity contribution in [2.45, 2.75) is 19.4 Å². The van der Waals surface area contributed by atoms with Gasteiger partial charge in [0, 0.05) is 12.5 Å². The van der Waals surface area contributed by atoms with Crippen LogP contribution in [0, 0.1) is 12.8 Å². The van der Waals surface area contributed by atoms with Gasteiger partial charge in [0.2, 0.25) is 0 Å². The van der Waals surface area contributed by atoms with Crippen molar-refractivity contribution in [1.29, 1.82) is 0 Å². The molecule has 1 fully saturated rings. The Hall–Kier alpha value is -1.35. The van der Waals surface area contributed by atoms with E-state index in [9.17, 15) is 0 Å². The largest absolute Gasteiger partial charge is 0.471 e. The molecule has 1 aromatic carbocycles. The zero-order valence-electron chi connectivity index (χ0n) is 10.1. The average molecular weight is 230 g/mol. The van der Waals surface area contributed by atoms with E-state index >= 15 is 0 Å². The van der Waals surface area contributed by atoms with Gasteiger partial charge in [-0.3, -0.25) is 4.99 Å². The van der Waals surface area contributed by atoms with Crippen LogP contribution in [0.1, 0.15) is 23.7 Å². The van der Waals surface area contributed by atoms with Crippen LogP contribution in [0.5, 0.6) is 0 Å². The second-order valence-electron chi connectivity index (χ2n) is 4.83. The molecule has 1 aromatic rings. The minimum atomic E-state index is 0.131. The van der Waals surface area contributed by atoms with Crippen LogP contribution in [0.25, 0.3) is 0 Å². The van der Waals surface area contributed by atoms with Crippen LogP contribution in [-0.2, 0) is 4.74 Å². The van der Waals surface area contributed by atoms with Gasteiger partial charge in [0.1, 0.15) is 6.10 Å². The predicted molar refractivity (Wildman–Crippen MR) is 68.3 cm³/mol. The summed E-state index contributed by atoms with van der Waals surface area (Å²) in [5.74, 6) is 1.45. The van der Waals surface area contributed by atoms with Crippen molar-refractivity contribution in [3.63, 3.8) is 0 Å². The zero-order chi connectivity index (χ0) is 11.7. The number of rotatable bonds is 2. The molecular weight excluding hydrogens is 212 g/mol. The Kier molecular flexibility index (Phi) is 2.85. The van der Waals surface area contributed by atoms with Crippen molar-refractivity contribution in [2.24, 2.45) is 10.9 Å². The van der Waals surface area contributed by atoms with Crippen molar-refractivity contribution in [2.75, 3.05) is 19.6 Å². The Morgan fingerprint density at radius 1 is 1.35 bits per heavy atom. The van der Waals surface area contributed by atoms with E-state index in [2.05, 4.69) is 41.5 Å². The van der Waals surface area contributed by atoms with Crippen molar-refractivity contribution >= 4 is 5.90 Å². The Morgan fingerprint density at radius 3 is 3.00 bits per heavy atom. The lowest BCUT2D eigenvalue weighted by Crippen LogP contribution is -2.19. The summed E-state index contributed by atoms with van der Waals surface area (Å²) in [5, 5.41) is 3.35. The molecule has 0 aliphatic carbocycles. The van der Waals surface area contributed by atoms with Gasteiger partial charge >= 0.3 is 0 Å². The molecule has 0 saturated carbocycles. The number of hydrogen-bond acceptors (Lipinski definition) is 3. The maximum absolute atomic E-state index is 6.02. The molecule has 2 unspecified atom stereocenters. The fourth-order valence-corrected chi connectivity index (χ4v) is 2.59. The molecule has 2 aliphatic heterocycles. The number of aliphatic imine (C=N–C) groups is 1. The standard InChI is InChI=1S/C14H18N2O/c1-10-4-2-3-5-12(10)13-9-16-14(17-13)11-6-7-15-8-11/h2-5,11,13,15H,6-9H2,1H3. The van der Waals surface area contributed by atoms with Gasteiger partial charge in [0.25, 0.3) is 0 Å². The summed E-state index contributed by atoms with van der Waals surface area (Å²) in [6, 6.07) is 8.41. The van der Waals surface area contributed by atoms with Gasteiger partial charge in [-0.05, 0) is 31.0 Å². The SMILES string of the molecule is Cc1ccccc1C1CN=C(C2CCNC2)O1. The first-order valence-corrected chi connectivity index (χ1v) is 6.32. The maximum Gasteiger partial charge on any atom is 0.188 e. The van der Waals surface area contributed by atoms with Gasteiger partial charge in [0.15, 0.2) is 5.90 Å². The number of nitrogens with zero attached hydrogens (tertiary/aromatic N) is 1. The number of aryl methyl sites for hydroxylation is 1. The van der Waals surface area contributed by atoms with E-state index in [1.54, 1.807) is 0 Å². The molecule has 2 atom stereocenters. The fraction of sp³-hybridized carbons (Fsp3) is 0.500. The van der Waals surface area contributed by atoms with E-state index in [-0.39, 0.29) is 6.10 Å². The number of ether oxygens (including phenoxy) is 1. The summed E-state index contributed by atoms with van der Waals surface area (Å²) in [6.07, 6.45) is 1.28. The molecule has 17 heavy (non-hydrogen) atoms. The molecule has 3 heteroatoms. The molecule has 0 radical (unpaired) electrons. The molecule has 2 aliphatic rings. The Labute approximate surface area is 102 Å². The van der Waals surface area contributed by atoms with Crippen LogP contribution < -0.4 is 5.32 Å². The third-order valence-corrected chi connectivity index (χ3v) is 3.62. The average Bonchev–Trinajstić information content (AvgIpc) is 3.00. The first-order chi connectivity index (χ1) is 8.34. The summed E-state index contributed by atoms with van der Waals surface area (Å²) >= 11 is 0. The highest BCUT2D eigenvalue weighted by Gasteiger charge is 2.29. The fourth-order valence-electron chi connectivity index (χ4n) is 2.59. The van der Waals surface area contributed by atoms with Gasteiger partial charge in [-0.1, -0.05) is 24.3 Å². The van der Waals surface area contributed by atoms with Gasteiger partial charge in [0.05, 0.1) is 6.54 Å². The first kappa shape index (κ1) is 10.8. The molecule has 3 rings (SSSR count). The predicted octanol–water partition coefficient (Wildman–Crippen LogP) is 2.07. The normalized spacial score (nSPS) is 27.9. The Balaban J connectivity index is 1.72. The van der Waals surface area contributed by atoms with E-state index in [0.29, 0.717) is 5.92 Å². The van der Waals surface area contributed by atoms with Crippen LogP contribution in [0.15, 0.2) is 29.3 Å². The molecule has 0 aromatic heterocycles. The van der Waals surface area contributed by atoms with Crippen molar-refractivity contribution < 1.29 is 4.74 Å². The van der Waals surface area contributed by atoms with Crippen molar-refractivity contribution in [3.05, 3.63) is 35.4 Å². The summed E-state index contributed by atoms with van der Waals surface area (Å²) in [6.45, 7) is 5.01. The van der Waals surface area contributed by atoms with Gasteiger partial charge in [-0.25, -0.2) is 0 Å². The van der Waals surface area contributed by atoms with Crippen LogP contribution >= 0.6 is 0 Å². The summed E-state index contributed by atoms with van der Waals surface area (Å²) in [5.41, 5.74) is 2.57. The minimum Gasteiger partial charge on any atom is -0.471 e. The minimum absolute atomic E-state index is 0.131. The summed E-state index contributed by atoms with van der Waals surface area (Å²) in [4.78, 5) is 4.57. The topological polar surface area (TPSA) is 33.6 Å². The quantitative estimate of drug-likeness (QED) is 0.844. The smallest absolute Gasteiger partial charge is 0.188 e. The zero-order valence-corrected chi connectivity index (χ0v) is 10.1. The van der Waals surface area contributed by atoms with Crippen molar-refractivity contribution in [3.8, 4) is 0 Å². The van der Waals surface area contributed by atoms with E-state index in [1.807, 2.05) is 0 Å². The van der Waals surface area contributed by atoms with Gasteiger partial charge in [-0.2, -0.15) is 0 Å². The highest BCUT2D eigenvalue weighted by atomic mass is 16.5. The lowest BCUT2D eigenvalue weighted by atomic mass is 10.0. The molecule has 1 saturated heterocycles. The highest BCUT2D eigenvalue weighted by Crippen LogP contribution is 2.28. The lowest BCUT2D eigenvalue weighted by molar-refractivity contribution is 0.215. The number of hydrogen-bond donors (Lipinski definition) is 1. The second-order valence-corrected chi connectivity index (χ2v) is 4.83. The Bertz CT molecular complexity index is 436. The molecule has 2 heterocycles. The summed E-state index contributed by atoms with van der Waals surface area (Å²) < 4.78 is 6.02. The molecule has 0 amide bonds. The number of nitrogens with one attached hydrogen (secondary N) is 1. The molecule has 3 nitrogen and oxygen atoms in total. The molecular formula is C14H18N2O. The second kappa shape index (κ2) is 4.49. The monoisotopic (exact) mass is 230 g/mol. The molecule has 1 N–H and O–H groups in total. The van der Waals surface area contributed by atoms with E-state index in [4.69, 9.17) is 4.74 Å². The maximum atomic E-state index is 6.02. The Morgan fingerprint density at radius 2 is 2.24 bits per heavy atom. The van der Waals surface area contributed by atoms with Crippen LogP contribution in [-0.4, -0.2) is 25.5 Å². The molecule has 0 bridgehead atoms. The van der Waals surface area contributed by atoms with E-state index < -0.39 is 0 Å². The van der Waals surface area contributed by atoms with E-state index in [1.165, 1.54) is 11.1 Å². The summed E-state index contributed by atoms with van der Waals surface area (Å²) in [7, 11) is 0. The molecule has 0 spiro atoms. The van der Waals surface area contributed by atoms with E-state index in [0.717, 1.165) is 32.0 Å². The van der Waals surface area contributed by atoms with Crippen molar-refractivity contribution in [1.82, 2.24) is 5.32 Å². The van der Waals surface area contributed by atoms with Crippen LogP contribution in [0.4, 0.5) is 0 Å². The van der Waals surface area contributed by atoms with Gasteiger partial charge < -0.3 is 10.1 Å². The van der Waals surface area contributed by atoms with Gasteiger partial charge in [-0.15, -0.1) is 0 Å². The third kappa shape index (κ3) is 2.07. The third-order valence-electron chi connectivity index (χ3n) is 3.62. The first-order valence-electron chi connectivity index (χ1n) is 6.32. The highest BCUT2D eigenvalue weighted by molar-refractivity contribution is 5.81. The van der Waals surface area contributed by atoms with Crippen LogP contribution in [0.2, 0.25) is 0 Å². The molecule has 90 valence electrons. The van der Waals surface area contributed by atoms with Crippen LogP contribution in [0.3, 0.4) is 0 Å².